The van der Waals surface area contributed by atoms with Gasteiger partial charge in [0.1, 0.15) is 11.5 Å². The van der Waals surface area contributed by atoms with Crippen LogP contribution in [0.25, 0.3) is 0 Å². The van der Waals surface area contributed by atoms with Gasteiger partial charge < -0.3 is 13.9 Å². The second-order valence-corrected chi connectivity index (χ2v) is 16.5. The summed E-state index contributed by atoms with van der Waals surface area (Å²) in [5.74, 6) is 0.287. The Hall–Kier alpha value is -4.41. The van der Waals surface area contributed by atoms with Crippen LogP contribution >= 0.6 is 34.8 Å². The Morgan fingerprint density at radius 1 is 0.717 bits per heavy atom. The van der Waals surface area contributed by atoms with E-state index in [0.717, 1.165) is 4.31 Å². The number of ether oxygens (including phenoxy) is 2. The van der Waals surface area contributed by atoms with Crippen LogP contribution < -0.4 is 14.9 Å². The first-order valence-corrected chi connectivity index (χ1v) is 19.7. The number of hydrazone groups is 1. The molecule has 1 aromatic heterocycles. The predicted octanol–water partition coefficient (Wildman–Crippen LogP) is 6.99. The van der Waals surface area contributed by atoms with E-state index < -0.39 is 32.5 Å². The first-order chi connectivity index (χ1) is 25.3. The number of methoxy groups -OCH3 is 2. The second kappa shape index (κ2) is 17.6. The molecule has 0 aliphatic carbocycles. The lowest BCUT2D eigenvalue weighted by Gasteiger charge is -2.22. The van der Waals surface area contributed by atoms with Crippen molar-refractivity contribution in [2.75, 3.05) is 20.8 Å². The number of carbonyl (C=O) groups is 1. The van der Waals surface area contributed by atoms with Gasteiger partial charge in [-0.2, -0.15) is 13.7 Å². The fourth-order valence-electron chi connectivity index (χ4n) is 5.05. The summed E-state index contributed by atoms with van der Waals surface area (Å²) < 4.78 is 73.6. The number of carbonyl (C=O) groups excluding carboxylic acids is 1. The van der Waals surface area contributed by atoms with E-state index in [-0.39, 0.29) is 51.7 Å². The number of benzene rings is 4. The van der Waals surface area contributed by atoms with Gasteiger partial charge in [-0.1, -0.05) is 71.2 Å². The molecule has 1 heterocycles. The third-order valence-electron chi connectivity index (χ3n) is 7.70. The quantitative estimate of drug-likeness (QED) is 0.0828. The molecule has 1 N–H and O–H groups in total. The maximum absolute atomic E-state index is 13.8. The summed E-state index contributed by atoms with van der Waals surface area (Å²) in [5.41, 5.74) is 3.57. The fraction of sp³-hybridized carbons (Fsp3) is 0.167. The van der Waals surface area contributed by atoms with Crippen molar-refractivity contribution in [2.45, 2.75) is 29.4 Å². The Labute approximate surface area is 322 Å². The number of hydrogen-bond donors (Lipinski definition) is 1. The Kier molecular flexibility index (Phi) is 13.2. The molecule has 0 spiro atoms. The van der Waals surface area contributed by atoms with Gasteiger partial charge in [0, 0.05) is 24.2 Å². The summed E-state index contributed by atoms with van der Waals surface area (Å²) >= 11 is 18.3. The van der Waals surface area contributed by atoms with Crippen LogP contribution in [-0.4, -0.2) is 58.3 Å². The van der Waals surface area contributed by atoms with Gasteiger partial charge in [0.25, 0.3) is 5.91 Å². The molecule has 4 aromatic carbocycles. The van der Waals surface area contributed by atoms with Gasteiger partial charge in [-0.15, -0.1) is 0 Å². The van der Waals surface area contributed by atoms with Crippen LogP contribution in [0.2, 0.25) is 15.1 Å². The smallest absolute Gasteiger partial charge is 0.255 e. The summed E-state index contributed by atoms with van der Waals surface area (Å²) in [6.45, 7) is -0.909. The average molecular weight is 820 g/mol. The topological polar surface area (TPSA) is 148 Å². The number of hydrogen-bond acceptors (Lipinski definition) is 9. The van der Waals surface area contributed by atoms with Gasteiger partial charge in [0.15, 0.2) is 11.5 Å². The van der Waals surface area contributed by atoms with Crippen LogP contribution in [0.5, 0.6) is 11.5 Å². The zero-order valence-corrected chi connectivity index (χ0v) is 32.2. The maximum atomic E-state index is 13.8. The lowest BCUT2D eigenvalue weighted by molar-refractivity contribution is -0.121. The van der Waals surface area contributed by atoms with Gasteiger partial charge in [0.2, 0.25) is 20.0 Å². The number of nitrogens with zero attached hydrogens (tertiary/aromatic N) is 3. The summed E-state index contributed by atoms with van der Waals surface area (Å²) in [7, 11) is -5.43. The maximum Gasteiger partial charge on any atom is 0.255 e. The van der Waals surface area contributed by atoms with Gasteiger partial charge in [-0.05, 0) is 71.8 Å². The lowest BCUT2D eigenvalue weighted by Crippen LogP contribution is -2.39. The highest BCUT2D eigenvalue weighted by Crippen LogP contribution is 2.31. The largest absolute Gasteiger partial charge is 0.493 e. The minimum Gasteiger partial charge on any atom is -0.493 e. The fourth-order valence-corrected chi connectivity index (χ4v) is 8.29. The van der Waals surface area contributed by atoms with E-state index in [4.69, 9.17) is 48.7 Å². The summed E-state index contributed by atoms with van der Waals surface area (Å²) in [5, 5.41) is 4.92. The molecule has 0 saturated heterocycles. The first kappa shape index (κ1) is 39.8. The number of sulfonamides is 2. The predicted molar refractivity (Wildman–Crippen MR) is 202 cm³/mol. The Morgan fingerprint density at radius 3 is 2.06 bits per heavy atom. The van der Waals surface area contributed by atoms with Gasteiger partial charge in [-0.3, -0.25) is 4.79 Å². The van der Waals surface area contributed by atoms with Crippen LogP contribution in [0.3, 0.4) is 0 Å². The third kappa shape index (κ3) is 10.2. The van der Waals surface area contributed by atoms with E-state index >= 15 is 0 Å². The van der Waals surface area contributed by atoms with Crippen molar-refractivity contribution < 1.29 is 35.5 Å². The van der Waals surface area contributed by atoms with Crippen molar-refractivity contribution >= 4 is 67.0 Å². The normalized spacial score (nSPS) is 12.1. The number of halogens is 3. The Balaban J connectivity index is 1.31. The molecule has 17 heteroatoms. The molecule has 0 radical (unpaired) electrons. The first-order valence-electron chi connectivity index (χ1n) is 15.7. The summed E-state index contributed by atoms with van der Waals surface area (Å²) in [6.07, 6.45) is 1.21. The van der Waals surface area contributed by atoms with E-state index in [1.165, 1.54) is 67.2 Å². The molecule has 12 nitrogen and oxygen atoms in total. The number of rotatable bonds is 16. The molecular formula is C36H33Cl3N4O8S2. The molecule has 5 rings (SSSR count). The van der Waals surface area contributed by atoms with Crippen molar-refractivity contribution in [3.05, 3.63) is 141 Å². The van der Waals surface area contributed by atoms with Crippen LogP contribution in [-0.2, 0) is 44.5 Å². The molecule has 1 amide bonds. The monoisotopic (exact) mass is 818 g/mol. The summed E-state index contributed by atoms with van der Waals surface area (Å²) in [6, 6.07) is 26.7. The van der Waals surface area contributed by atoms with Crippen LogP contribution in [0.15, 0.2) is 122 Å². The highest BCUT2D eigenvalue weighted by molar-refractivity contribution is 7.89. The zero-order valence-electron chi connectivity index (χ0n) is 28.3. The highest BCUT2D eigenvalue weighted by Gasteiger charge is 2.29. The van der Waals surface area contributed by atoms with Crippen LogP contribution in [0.4, 0.5) is 0 Å². The molecule has 0 atom stereocenters. The molecule has 278 valence electrons. The standard InChI is InChI=1S/C36H33Cl3N4O8S2/c1-49-34-17-15-31(19-35(34)50-2)53(47,48)43(21-25-6-4-3-5-7-25)24-36(44)41-40-20-28-11-12-29(51-28)23-42(22-26-8-16-32(38)33(39)18-26)52(45,46)30-13-9-27(37)10-14-30/h3-20H,21-24H2,1-2H3,(H,41,44)/b40-20-. The van der Waals surface area contributed by atoms with E-state index in [0.29, 0.717) is 26.9 Å². The molecule has 0 fully saturated rings. The van der Waals surface area contributed by atoms with Crippen molar-refractivity contribution in [1.82, 2.24) is 14.0 Å². The number of amides is 1. The van der Waals surface area contributed by atoms with E-state index in [9.17, 15) is 21.6 Å². The molecule has 0 aliphatic rings. The molecule has 53 heavy (non-hydrogen) atoms. The third-order valence-corrected chi connectivity index (χ3v) is 12.3. The molecular weight excluding hydrogens is 787 g/mol. The minimum absolute atomic E-state index is 0.0208. The highest BCUT2D eigenvalue weighted by atomic mass is 35.5. The number of nitrogens with one attached hydrogen (secondary N) is 1. The van der Waals surface area contributed by atoms with Crippen molar-refractivity contribution in [1.29, 1.82) is 0 Å². The van der Waals surface area contributed by atoms with Gasteiger partial charge in [0.05, 0.1) is 53.4 Å². The zero-order chi connectivity index (χ0) is 38.2. The molecule has 0 aliphatic heterocycles. The second-order valence-electron chi connectivity index (χ2n) is 11.3. The van der Waals surface area contributed by atoms with Crippen LogP contribution in [0, 0.1) is 0 Å². The SMILES string of the molecule is COc1ccc(S(=O)(=O)N(CC(=O)N/N=C\c2ccc(CN(Cc3ccc(Cl)c(Cl)c3)S(=O)(=O)c3ccc(Cl)cc3)o2)Cc2ccccc2)cc1OC. The van der Waals surface area contributed by atoms with Gasteiger partial charge in [-0.25, -0.2) is 22.3 Å². The lowest BCUT2D eigenvalue weighted by atomic mass is 10.2. The van der Waals surface area contributed by atoms with Crippen LogP contribution in [0.1, 0.15) is 22.6 Å². The Bertz CT molecular complexity index is 2300. The average Bonchev–Trinajstić information content (AvgIpc) is 3.59. The molecule has 0 unspecified atom stereocenters. The molecule has 0 saturated carbocycles. The Morgan fingerprint density at radius 2 is 1.38 bits per heavy atom. The minimum atomic E-state index is -4.21. The van der Waals surface area contributed by atoms with E-state index in [1.54, 1.807) is 60.7 Å². The van der Waals surface area contributed by atoms with E-state index in [2.05, 4.69) is 10.5 Å². The van der Waals surface area contributed by atoms with Crippen molar-refractivity contribution in [2.24, 2.45) is 5.10 Å². The van der Waals surface area contributed by atoms with E-state index in [1.807, 2.05) is 0 Å². The number of furan rings is 1. The van der Waals surface area contributed by atoms with Gasteiger partial charge >= 0.3 is 0 Å². The molecule has 5 aromatic rings. The van der Waals surface area contributed by atoms with Crippen molar-refractivity contribution in [3.8, 4) is 11.5 Å². The molecule has 0 bridgehead atoms. The van der Waals surface area contributed by atoms with Crippen molar-refractivity contribution in [3.63, 3.8) is 0 Å². The summed E-state index contributed by atoms with van der Waals surface area (Å²) in [4.78, 5) is 13.0.